The van der Waals surface area contributed by atoms with E-state index in [1.807, 2.05) is 18.2 Å². The van der Waals surface area contributed by atoms with Crippen molar-refractivity contribution < 1.29 is 29.1 Å². The number of allylic oxidation sites excluding steroid dienone is 1. The quantitative estimate of drug-likeness (QED) is 0.346. The van der Waals surface area contributed by atoms with Crippen LogP contribution in [0.2, 0.25) is 6.32 Å². The van der Waals surface area contributed by atoms with Gasteiger partial charge in [-0.15, -0.1) is 0 Å². The molecule has 2 N–H and O–H groups in total. The van der Waals surface area contributed by atoms with Crippen molar-refractivity contribution >= 4 is 25.0 Å². The van der Waals surface area contributed by atoms with Gasteiger partial charge in [-0.3, -0.25) is 14.5 Å². The minimum absolute atomic E-state index is 0.143. The van der Waals surface area contributed by atoms with Gasteiger partial charge in [0.15, 0.2) is 0 Å². The molecule has 182 valence electrons. The molecule has 2 saturated heterocycles. The molecule has 1 aliphatic carbocycles. The normalized spacial score (nSPS) is 27.4. The standard InChI is InChI=1S/C26H34BNO6/c1-4-7-16(12-17-8-5-6-9-21(17)29)10-11-22-23-18(15-33-3)13-19-24(20(23)14-27(32)34-22)26(31)28(2)25(19)30/h5-6,8-9,12,19-20,22,24,29,32H,4,7,10-11,13-15H2,1-3H3/b16-12+/t19-,20+,22-,24-/m1/s1. The molecule has 4 atom stereocenters. The molecule has 0 spiro atoms. The van der Waals surface area contributed by atoms with Crippen LogP contribution in [0.4, 0.5) is 0 Å². The van der Waals surface area contributed by atoms with Gasteiger partial charge in [0.1, 0.15) is 5.75 Å². The molecule has 3 aliphatic rings. The van der Waals surface area contributed by atoms with Crippen molar-refractivity contribution in [2.75, 3.05) is 20.8 Å². The van der Waals surface area contributed by atoms with Crippen molar-refractivity contribution in [3.8, 4) is 5.75 Å². The molecule has 0 unspecified atom stereocenters. The minimum Gasteiger partial charge on any atom is -0.507 e. The van der Waals surface area contributed by atoms with Crippen LogP contribution in [0, 0.1) is 17.8 Å². The van der Waals surface area contributed by atoms with E-state index in [-0.39, 0.29) is 35.5 Å². The summed E-state index contributed by atoms with van der Waals surface area (Å²) in [5.41, 5.74) is 4.03. The van der Waals surface area contributed by atoms with Crippen molar-refractivity contribution in [2.45, 2.75) is 51.5 Å². The molecule has 0 radical (unpaired) electrons. The lowest BCUT2D eigenvalue weighted by atomic mass is 9.58. The zero-order valence-electron chi connectivity index (χ0n) is 20.2. The number of phenolic OH excluding ortho intramolecular Hbond substituents is 1. The van der Waals surface area contributed by atoms with Gasteiger partial charge in [0.05, 0.1) is 24.5 Å². The zero-order chi connectivity index (χ0) is 24.4. The Morgan fingerprint density at radius 3 is 2.71 bits per heavy atom. The number of methoxy groups -OCH3 is 1. The highest BCUT2D eigenvalue weighted by Crippen LogP contribution is 2.50. The first-order valence-electron chi connectivity index (χ1n) is 12.2. The zero-order valence-corrected chi connectivity index (χ0v) is 20.2. The monoisotopic (exact) mass is 467 g/mol. The van der Waals surface area contributed by atoms with Gasteiger partial charge in [-0.2, -0.15) is 0 Å². The highest BCUT2D eigenvalue weighted by atomic mass is 16.5. The summed E-state index contributed by atoms with van der Waals surface area (Å²) in [4.78, 5) is 27.0. The lowest BCUT2D eigenvalue weighted by molar-refractivity contribution is -0.138. The first kappa shape index (κ1) is 24.7. The molecule has 1 aromatic rings. The molecule has 8 heteroatoms. The van der Waals surface area contributed by atoms with Crippen molar-refractivity contribution in [2.24, 2.45) is 17.8 Å². The SMILES string of the molecule is CCC/C(=C\c1ccccc1O)CC[C@H]1OB(O)C[C@H]2C1=C(COC)C[C@H]1C(=O)N(C)C(=O)[C@H]12. The van der Waals surface area contributed by atoms with Crippen molar-refractivity contribution in [3.63, 3.8) is 0 Å². The van der Waals surface area contributed by atoms with Crippen LogP contribution < -0.4 is 0 Å². The fraction of sp³-hybridized carbons (Fsp3) is 0.538. The number of aromatic hydroxyl groups is 1. The van der Waals surface area contributed by atoms with Gasteiger partial charge in [-0.25, -0.2) is 0 Å². The number of benzene rings is 1. The smallest absolute Gasteiger partial charge is 0.455 e. The Labute approximate surface area is 201 Å². The summed E-state index contributed by atoms with van der Waals surface area (Å²) >= 11 is 0. The second kappa shape index (κ2) is 10.5. The van der Waals surface area contributed by atoms with Gasteiger partial charge in [0.2, 0.25) is 11.8 Å². The first-order valence-corrected chi connectivity index (χ1v) is 12.2. The van der Waals surface area contributed by atoms with Gasteiger partial charge in [-0.05, 0) is 55.1 Å². The Balaban J connectivity index is 1.63. The summed E-state index contributed by atoms with van der Waals surface area (Å²) in [5, 5.41) is 20.8. The molecule has 2 fully saturated rings. The van der Waals surface area contributed by atoms with Crippen molar-refractivity contribution in [1.82, 2.24) is 4.90 Å². The topological polar surface area (TPSA) is 96.3 Å². The molecule has 2 amide bonds. The summed E-state index contributed by atoms with van der Waals surface area (Å²) in [6.45, 7) is 2.50. The summed E-state index contributed by atoms with van der Waals surface area (Å²) in [6.07, 6.45) is 5.72. The molecule has 0 saturated carbocycles. The number of fused-ring (bicyclic) bond motifs is 3. The van der Waals surface area contributed by atoms with Crippen LogP contribution in [-0.4, -0.2) is 60.8 Å². The van der Waals surface area contributed by atoms with Crippen LogP contribution in [0.5, 0.6) is 5.75 Å². The number of hydrogen-bond acceptors (Lipinski definition) is 6. The number of carbonyl (C=O) groups is 2. The number of ether oxygens (including phenoxy) is 1. The van der Waals surface area contributed by atoms with Crippen LogP contribution >= 0.6 is 0 Å². The lowest BCUT2D eigenvalue weighted by Crippen LogP contribution is -2.46. The maximum Gasteiger partial charge on any atom is 0.455 e. The Bertz CT molecular complexity index is 1000. The number of nitrogens with zero attached hydrogens (tertiary/aromatic N) is 1. The molecule has 0 aromatic heterocycles. The summed E-state index contributed by atoms with van der Waals surface area (Å²) in [6, 6.07) is 7.27. The van der Waals surface area contributed by atoms with Crippen LogP contribution in [0.3, 0.4) is 0 Å². The summed E-state index contributed by atoms with van der Waals surface area (Å²) in [5.74, 6) is -1.11. The largest absolute Gasteiger partial charge is 0.507 e. The number of imide groups is 1. The van der Waals surface area contributed by atoms with Gasteiger partial charge >= 0.3 is 7.12 Å². The number of likely N-dealkylation sites (tertiary alicyclic amines) is 1. The Morgan fingerprint density at radius 2 is 2.00 bits per heavy atom. The highest BCUT2D eigenvalue weighted by molar-refractivity contribution is 6.43. The Hall–Kier alpha value is -2.42. The molecule has 2 heterocycles. The Kier molecular flexibility index (Phi) is 7.60. The van der Waals surface area contributed by atoms with Crippen LogP contribution in [-0.2, 0) is 19.0 Å². The van der Waals surface area contributed by atoms with E-state index in [0.29, 0.717) is 25.8 Å². The molecule has 2 aliphatic heterocycles. The van der Waals surface area contributed by atoms with Crippen LogP contribution in [0.25, 0.3) is 6.08 Å². The molecule has 4 rings (SSSR count). The van der Waals surface area contributed by atoms with E-state index >= 15 is 0 Å². The van der Waals surface area contributed by atoms with E-state index < -0.39 is 13.0 Å². The van der Waals surface area contributed by atoms with E-state index in [2.05, 4.69) is 6.92 Å². The van der Waals surface area contributed by atoms with E-state index in [9.17, 15) is 19.7 Å². The van der Waals surface area contributed by atoms with Crippen LogP contribution in [0.1, 0.15) is 44.6 Å². The number of phenols is 1. The average molecular weight is 467 g/mol. The number of hydrogen-bond donors (Lipinski definition) is 2. The minimum atomic E-state index is -0.980. The third-order valence-electron chi connectivity index (χ3n) is 7.44. The number of carbonyl (C=O) groups excluding carboxylic acids is 2. The maximum atomic E-state index is 13.0. The van der Waals surface area contributed by atoms with Gasteiger partial charge < -0.3 is 19.5 Å². The third-order valence-corrected chi connectivity index (χ3v) is 7.44. The van der Waals surface area contributed by atoms with Gasteiger partial charge in [-0.1, -0.05) is 43.2 Å². The van der Waals surface area contributed by atoms with Gasteiger partial charge in [0.25, 0.3) is 0 Å². The molecular weight excluding hydrogens is 433 g/mol. The van der Waals surface area contributed by atoms with Crippen molar-refractivity contribution in [1.29, 1.82) is 0 Å². The van der Waals surface area contributed by atoms with E-state index in [1.165, 1.54) is 10.5 Å². The molecule has 1 aromatic carbocycles. The summed E-state index contributed by atoms with van der Waals surface area (Å²) in [7, 11) is 2.20. The van der Waals surface area contributed by atoms with E-state index in [0.717, 1.165) is 36.0 Å². The second-order valence-electron chi connectivity index (χ2n) is 9.64. The lowest BCUT2D eigenvalue weighted by Gasteiger charge is -2.43. The summed E-state index contributed by atoms with van der Waals surface area (Å²) < 4.78 is 11.5. The number of rotatable bonds is 8. The van der Waals surface area contributed by atoms with Gasteiger partial charge in [0, 0.05) is 19.7 Å². The van der Waals surface area contributed by atoms with Crippen LogP contribution in [0.15, 0.2) is 41.0 Å². The van der Waals surface area contributed by atoms with Crippen molar-refractivity contribution in [3.05, 3.63) is 46.5 Å². The first-order chi connectivity index (χ1) is 16.3. The molecule has 0 bridgehead atoms. The molecule has 7 nitrogen and oxygen atoms in total. The highest BCUT2D eigenvalue weighted by Gasteiger charge is 2.56. The second-order valence-corrected chi connectivity index (χ2v) is 9.64. The third kappa shape index (κ3) is 4.72. The molecular formula is C26H34BNO6. The van der Waals surface area contributed by atoms with E-state index in [1.54, 1.807) is 26.3 Å². The predicted octanol–water partition coefficient (Wildman–Crippen LogP) is 3.43. The molecule has 34 heavy (non-hydrogen) atoms. The fourth-order valence-corrected chi connectivity index (χ4v) is 5.96. The van der Waals surface area contributed by atoms with E-state index in [4.69, 9.17) is 9.39 Å². The fourth-order valence-electron chi connectivity index (χ4n) is 5.96. The average Bonchev–Trinajstić information content (AvgIpc) is 3.02. The number of amides is 2. The number of para-hydroxylation sites is 1. The Morgan fingerprint density at radius 1 is 1.24 bits per heavy atom. The maximum absolute atomic E-state index is 13.0. The predicted molar refractivity (Wildman–Crippen MR) is 130 cm³/mol.